The SMILES string of the molecule is CC(C)OC(C(=O)O)(c1ccccc1)C(C)C. The van der Waals surface area contributed by atoms with Crippen molar-refractivity contribution in [2.75, 3.05) is 0 Å². The van der Waals surface area contributed by atoms with Gasteiger partial charge in [-0.15, -0.1) is 0 Å². The van der Waals surface area contributed by atoms with Gasteiger partial charge in [0.05, 0.1) is 6.10 Å². The molecule has 0 saturated heterocycles. The van der Waals surface area contributed by atoms with Gasteiger partial charge in [-0.1, -0.05) is 44.2 Å². The maximum absolute atomic E-state index is 11.7. The van der Waals surface area contributed by atoms with E-state index in [1.54, 1.807) is 12.1 Å². The number of hydrogen-bond acceptors (Lipinski definition) is 2. The second-order valence-corrected chi connectivity index (χ2v) is 4.73. The van der Waals surface area contributed by atoms with E-state index in [-0.39, 0.29) is 12.0 Å². The van der Waals surface area contributed by atoms with Crippen LogP contribution in [0.4, 0.5) is 0 Å². The Hall–Kier alpha value is -1.35. The van der Waals surface area contributed by atoms with E-state index in [0.717, 1.165) is 0 Å². The van der Waals surface area contributed by atoms with Gasteiger partial charge in [0.25, 0.3) is 0 Å². The fourth-order valence-corrected chi connectivity index (χ4v) is 2.02. The van der Waals surface area contributed by atoms with Crippen LogP contribution in [-0.4, -0.2) is 17.2 Å². The van der Waals surface area contributed by atoms with Crippen molar-refractivity contribution in [1.82, 2.24) is 0 Å². The number of carbonyl (C=O) groups is 1. The molecule has 0 aliphatic rings. The van der Waals surface area contributed by atoms with Crippen molar-refractivity contribution in [1.29, 1.82) is 0 Å². The van der Waals surface area contributed by atoms with Gasteiger partial charge in [-0.25, -0.2) is 4.79 Å². The molecule has 0 amide bonds. The molecule has 1 aromatic rings. The molecule has 94 valence electrons. The minimum Gasteiger partial charge on any atom is -0.479 e. The summed E-state index contributed by atoms with van der Waals surface area (Å²) in [6.45, 7) is 7.43. The first-order valence-electron chi connectivity index (χ1n) is 5.88. The Labute approximate surface area is 102 Å². The molecule has 1 aromatic carbocycles. The van der Waals surface area contributed by atoms with E-state index in [4.69, 9.17) is 4.74 Å². The smallest absolute Gasteiger partial charge is 0.340 e. The molecular weight excluding hydrogens is 216 g/mol. The summed E-state index contributed by atoms with van der Waals surface area (Å²) >= 11 is 0. The highest BCUT2D eigenvalue weighted by Gasteiger charge is 2.45. The van der Waals surface area contributed by atoms with Crippen molar-refractivity contribution in [3.63, 3.8) is 0 Å². The first kappa shape index (κ1) is 13.7. The molecule has 3 heteroatoms. The molecule has 1 unspecified atom stereocenters. The molecule has 0 bridgehead atoms. The van der Waals surface area contributed by atoms with Gasteiger partial charge in [-0.3, -0.25) is 0 Å². The highest BCUT2D eigenvalue weighted by molar-refractivity contribution is 5.80. The van der Waals surface area contributed by atoms with Crippen molar-refractivity contribution in [2.24, 2.45) is 5.92 Å². The molecule has 0 spiro atoms. The number of hydrogen-bond donors (Lipinski definition) is 1. The lowest BCUT2D eigenvalue weighted by molar-refractivity contribution is -0.183. The predicted octanol–water partition coefficient (Wildman–Crippen LogP) is 3.05. The molecule has 1 atom stereocenters. The van der Waals surface area contributed by atoms with Crippen LogP contribution in [0.15, 0.2) is 30.3 Å². The standard InChI is InChI=1S/C14H20O3/c1-10(2)14(13(15)16,17-11(3)4)12-8-6-5-7-9-12/h5-11H,1-4H3,(H,15,16). The van der Waals surface area contributed by atoms with E-state index in [0.29, 0.717) is 5.56 Å². The number of carboxylic acid groups (broad SMARTS) is 1. The van der Waals surface area contributed by atoms with E-state index in [9.17, 15) is 9.90 Å². The number of aliphatic carboxylic acids is 1. The lowest BCUT2D eigenvalue weighted by Gasteiger charge is -2.35. The van der Waals surface area contributed by atoms with Crippen LogP contribution in [0.5, 0.6) is 0 Å². The van der Waals surface area contributed by atoms with Gasteiger partial charge < -0.3 is 9.84 Å². The zero-order valence-corrected chi connectivity index (χ0v) is 10.8. The van der Waals surface area contributed by atoms with Crippen LogP contribution >= 0.6 is 0 Å². The van der Waals surface area contributed by atoms with Gasteiger partial charge in [0.1, 0.15) is 0 Å². The van der Waals surface area contributed by atoms with Gasteiger partial charge in [0.15, 0.2) is 5.60 Å². The Morgan fingerprint density at radius 1 is 1.18 bits per heavy atom. The Kier molecular flexibility index (Phi) is 4.29. The summed E-state index contributed by atoms with van der Waals surface area (Å²) in [4.78, 5) is 11.7. The summed E-state index contributed by atoms with van der Waals surface area (Å²) in [5.41, 5.74) is -0.578. The lowest BCUT2D eigenvalue weighted by Crippen LogP contribution is -2.45. The Morgan fingerprint density at radius 3 is 2.06 bits per heavy atom. The molecule has 0 aromatic heterocycles. The second-order valence-electron chi connectivity index (χ2n) is 4.73. The highest BCUT2D eigenvalue weighted by atomic mass is 16.5. The Balaban J connectivity index is 3.30. The molecule has 1 rings (SSSR count). The van der Waals surface area contributed by atoms with Crippen molar-refractivity contribution in [3.8, 4) is 0 Å². The molecule has 0 fully saturated rings. The summed E-state index contributed by atoms with van der Waals surface area (Å²) in [5, 5.41) is 9.57. The molecule has 0 heterocycles. The largest absolute Gasteiger partial charge is 0.479 e. The second kappa shape index (κ2) is 5.32. The average molecular weight is 236 g/mol. The molecule has 1 N–H and O–H groups in total. The molecule has 3 nitrogen and oxygen atoms in total. The molecule has 0 aliphatic carbocycles. The topological polar surface area (TPSA) is 46.5 Å². The summed E-state index contributed by atoms with van der Waals surface area (Å²) in [5.74, 6) is -1.09. The third-order valence-corrected chi connectivity index (χ3v) is 2.76. The fraction of sp³-hybridized carbons (Fsp3) is 0.500. The van der Waals surface area contributed by atoms with Crippen LogP contribution in [0.2, 0.25) is 0 Å². The number of rotatable bonds is 5. The molecule has 0 saturated carbocycles. The maximum Gasteiger partial charge on any atom is 0.340 e. The molecule has 0 radical (unpaired) electrons. The summed E-state index contributed by atoms with van der Waals surface area (Å²) in [6.07, 6.45) is -0.145. The third kappa shape index (κ3) is 2.67. The van der Waals surface area contributed by atoms with Crippen molar-refractivity contribution < 1.29 is 14.6 Å². The molecule has 0 aliphatic heterocycles. The zero-order chi connectivity index (χ0) is 13.1. The predicted molar refractivity (Wildman–Crippen MR) is 66.8 cm³/mol. The van der Waals surface area contributed by atoms with E-state index >= 15 is 0 Å². The van der Waals surface area contributed by atoms with E-state index in [1.165, 1.54) is 0 Å². The molecule has 17 heavy (non-hydrogen) atoms. The zero-order valence-electron chi connectivity index (χ0n) is 10.8. The lowest BCUT2D eigenvalue weighted by atomic mass is 9.83. The van der Waals surface area contributed by atoms with Gasteiger partial charge in [-0.05, 0) is 25.3 Å². The van der Waals surface area contributed by atoms with Gasteiger partial charge in [-0.2, -0.15) is 0 Å². The minimum absolute atomic E-state index is 0.145. The maximum atomic E-state index is 11.7. The fourth-order valence-electron chi connectivity index (χ4n) is 2.02. The monoisotopic (exact) mass is 236 g/mol. The summed E-state index contributed by atoms with van der Waals surface area (Å²) in [7, 11) is 0. The minimum atomic E-state index is -1.27. The van der Waals surface area contributed by atoms with E-state index in [2.05, 4.69) is 0 Å². The van der Waals surface area contributed by atoms with E-state index in [1.807, 2.05) is 45.9 Å². The normalized spacial score (nSPS) is 14.9. The Bertz CT molecular complexity index is 370. The first-order valence-corrected chi connectivity index (χ1v) is 5.88. The van der Waals surface area contributed by atoms with Gasteiger partial charge >= 0.3 is 5.97 Å². The van der Waals surface area contributed by atoms with Crippen LogP contribution in [0.3, 0.4) is 0 Å². The van der Waals surface area contributed by atoms with Crippen LogP contribution < -0.4 is 0 Å². The number of ether oxygens (including phenoxy) is 1. The summed E-state index contributed by atoms with van der Waals surface area (Å²) < 4.78 is 5.75. The van der Waals surface area contributed by atoms with Crippen molar-refractivity contribution >= 4 is 5.97 Å². The van der Waals surface area contributed by atoms with Crippen LogP contribution in [0.1, 0.15) is 33.3 Å². The Morgan fingerprint density at radius 2 is 1.71 bits per heavy atom. The summed E-state index contributed by atoms with van der Waals surface area (Å²) in [6, 6.07) is 9.14. The van der Waals surface area contributed by atoms with Crippen LogP contribution in [-0.2, 0) is 15.1 Å². The van der Waals surface area contributed by atoms with Gasteiger partial charge in [0.2, 0.25) is 0 Å². The number of carboxylic acids is 1. The van der Waals surface area contributed by atoms with Crippen molar-refractivity contribution in [2.45, 2.75) is 39.4 Å². The quantitative estimate of drug-likeness (QED) is 0.854. The van der Waals surface area contributed by atoms with Crippen LogP contribution in [0, 0.1) is 5.92 Å². The molecular formula is C14H20O3. The number of benzene rings is 1. The van der Waals surface area contributed by atoms with Crippen molar-refractivity contribution in [3.05, 3.63) is 35.9 Å². The highest BCUT2D eigenvalue weighted by Crippen LogP contribution is 2.35. The van der Waals surface area contributed by atoms with E-state index < -0.39 is 11.6 Å². The van der Waals surface area contributed by atoms with Crippen LogP contribution in [0.25, 0.3) is 0 Å². The first-order chi connectivity index (χ1) is 7.91. The third-order valence-electron chi connectivity index (χ3n) is 2.76. The van der Waals surface area contributed by atoms with Gasteiger partial charge in [0, 0.05) is 0 Å². The average Bonchev–Trinajstić information content (AvgIpc) is 2.25.